The first-order chi connectivity index (χ1) is 12.4. The van der Waals surface area contributed by atoms with Gasteiger partial charge in [0.25, 0.3) is 0 Å². The largest absolute Gasteiger partial charge is 0.497 e. The van der Waals surface area contributed by atoms with E-state index in [0.29, 0.717) is 5.56 Å². The van der Waals surface area contributed by atoms with Crippen molar-refractivity contribution < 1.29 is 9.84 Å². The van der Waals surface area contributed by atoms with E-state index < -0.39 is 11.0 Å². The number of likely N-dealkylation sites (tertiary alicyclic amines) is 1. The van der Waals surface area contributed by atoms with Crippen molar-refractivity contribution in [3.05, 3.63) is 64.7 Å². The molecule has 134 valence electrons. The van der Waals surface area contributed by atoms with Crippen molar-refractivity contribution in [2.45, 2.75) is 36.8 Å². The predicted octanol–water partition coefficient (Wildman–Crippen LogP) is 2.97. The molecule has 2 aliphatic rings. The van der Waals surface area contributed by atoms with E-state index in [0.717, 1.165) is 36.3 Å². The van der Waals surface area contributed by atoms with Crippen LogP contribution in [0.5, 0.6) is 5.75 Å². The van der Waals surface area contributed by atoms with E-state index in [1.165, 1.54) is 5.56 Å². The van der Waals surface area contributed by atoms with E-state index in [1.807, 2.05) is 24.3 Å². The fourth-order valence-electron chi connectivity index (χ4n) is 5.00. The maximum atomic E-state index is 12.2. The average Bonchev–Trinajstić information content (AvgIpc) is 2.67. The van der Waals surface area contributed by atoms with Crippen LogP contribution in [0.25, 0.3) is 0 Å². The van der Waals surface area contributed by atoms with Gasteiger partial charge in [0.05, 0.1) is 18.7 Å². The minimum atomic E-state index is -1.06. The molecule has 0 spiro atoms. The zero-order chi connectivity index (χ0) is 18.5. The van der Waals surface area contributed by atoms with Crippen molar-refractivity contribution in [2.75, 3.05) is 20.7 Å². The molecule has 1 fully saturated rings. The minimum absolute atomic E-state index is 0.0314. The van der Waals surface area contributed by atoms with Gasteiger partial charge in [-0.2, -0.15) is 5.26 Å². The van der Waals surface area contributed by atoms with Crippen molar-refractivity contribution in [3.8, 4) is 11.8 Å². The smallest absolute Gasteiger partial charge is 0.119 e. The third-order valence-corrected chi connectivity index (χ3v) is 6.58. The number of fused-ring (bicyclic) bond motifs is 4. The lowest BCUT2D eigenvalue weighted by molar-refractivity contribution is -0.141. The second kappa shape index (κ2) is 5.84. The van der Waals surface area contributed by atoms with Gasteiger partial charge in [0.15, 0.2) is 0 Å². The number of piperidine rings is 1. The first-order valence-electron chi connectivity index (χ1n) is 9.04. The quantitative estimate of drug-likeness (QED) is 0.906. The number of methoxy groups -OCH3 is 1. The van der Waals surface area contributed by atoms with Crippen molar-refractivity contribution in [1.29, 1.82) is 5.26 Å². The monoisotopic (exact) mass is 348 g/mol. The van der Waals surface area contributed by atoms with Crippen molar-refractivity contribution in [3.63, 3.8) is 0 Å². The standard InChI is InChI=1S/C22H24N2O2/c1-21-9-10-24(2)20(12-16-7-8-18(26-3)13-19(16)21)22(21,25)17-6-4-5-15(11-17)14-23/h4-8,11,13,20,25H,9-10,12H2,1-3H3/t20-,21-,22-/m1/s1. The maximum Gasteiger partial charge on any atom is 0.119 e. The highest BCUT2D eigenvalue weighted by molar-refractivity contribution is 5.51. The Hall–Kier alpha value is -2.35. The number of likely N-dealkylation sites (N-methyl/N-ethyl adjacent to an activating group) is 1. The molecule has 2 bridgehead atoms. The highest BCUT2D eigenvalue weighted by Gasteiger charge is 2.60. The van der Waals surface area contributed by atoms with Crippen LogP contribution in [0.3, 0.4) is 0 Å². The molecule has 4 rings (SSSR count). The summed E-state index contributed by atoms with van der Waals surface area (Å²) in [7, 11) is 3.75. The SMILES string of the molecule is COc1ccc2c(c1)[C@@]1(C)CCN(C)[C@H](C2)[C@]1(O)c1cccc(C#N)c1. The van der Waals surface area contributed by atoms with Crippen LogP contribution in [0.2, 0.25) is 0 Å². The van der Waals surface area contributed by atoms with Crippen molar-refractivity contribution in [1.82, 2.24) is 4.90 Å². The number of hydrogen-bond acceptors (Lipinski definition) is 4. The second-order valence-corrected chi connectivity index (χ2v) is 7.76. The van der Waals surface area contributed by atoms with Gasteiger partial charge in [-0.3, -0.25) is 4.90 Å². The zero-order valence-electron chi connectivity index (χ0n) is 15.5. The molecule has 1 N–H and O–H groups in total. The van der Waals surface area contributed by atoms with Crippen LogP contribution in [0, 0.1) is 11.3 Å². The summed E-state index contributed by atoms with van der Waals surface area (Å²) in [6.45, 7) is 3.08. The Morgan fingerprint density at radius 3 is 2.81 bits per heavy atom. The number of nitriles is 1. The average molecular weight is 348 g/mol. The summed E-state index contributed by atoms with van der Waals surface area (Å²) in [5.74, 6) is 0.815. The number of ether oxygens (including phenoxy) is 1. The van der Waals surface area contributed by atoms with E-state index in [-0.39, 0.29) is 6.04 Å². The molecule has 4 nitrogen and oxygen atoms in total. The van der Waals surface area contributed by atoms with Crippen LogP contribution in [-0.2, 0) is 17.4 Å². The van der Waals surface area contributed by atoms with Gasteiger partial charge in [0, 0.05) is 11.5 Å². The van der Waals surface area contributed by atoms with E-state index in [1.54, 1.807) is 13.2 Å². The van der Waals surface area contributed by atoms with Gasteiger partial charge in [-0.25, -0.2) is 0 Å². The van der Waals surface area contributed by atoms with Gasteiger partial charge in [0.2, 0.25) is 0 Å². The third kappa shape index (κ3) is 2.14. The van der Waals surface area contributed by atoms with Gasteiger partial charge in [-0.05, 0) is 67.4 Å². The van der Waals surface area contributed by atoms with E-state index in [2.05, 4.69) is 37.1 Å². The molecule has 3 atom stereocenters. The summed E-state index contributed by atoms with van der Waals surface area (Å²) in [6, 6.07) is 15.8. The van der Waals surface area contributed by atoms with Crippen LogP contribution in [0.4, 0.5) is 0 Å². The second-order valence-electron chi connectivity index (χ2n) is 7.76. The summed E-state index contributed by atoms with van der Waals surface area (Å²) in [6.07, 6.45) is 1.62. The van der Waals surface area contributed by atoms with E-state index >= 15 is 0 Å². The summed E-state index contributed by atoms with van der Waals surface area (Å²) >= 11 is 0. The van der Waals surface area contributed by atoms with Gasteiger partial charge < -0.3 is 9.84 Å². The zero-order valence-corrected chi connectivity index (χ0v) is 15.5. The van der Waals surface area contributed by atoms with Crippen LogP contribution in [0.1, 0.15) is 35.6 Å². The normalized spacial score (nSPS) is 30.3. The molecular formula is C22H24N2O2. The molecule has 1 aliphatic heterocycles. The Labute approximate surface area is 154 Å². The molecular weight excluding hydrogens is 324 g/mol. The van der Waals surface area contributed by atoms with Crippen molar-refractivity contribution >= 4 is 0 Å². The molecule has 1 aliphatic carbocycles. The molecule has 0 aromatic heterocycles. The molecule has 1 heterocycles. The lowest BCUT2D eigenvalue weighted by atomic mass is 9.53. The minimum Gasteiger partial charge on any atom is -0.497 e. The fourth-order valence-corrected chi connectivity index (χ4v) is 5.00. The van der Waals surface area contributed by atoms with E-state index in [4.69, 9.17) is 4.74 Å². The molecule has 0 unspecified atom stereocenters. The van der Waals surface area contributed by atoms with Gasteiger partial charge in [-0.1, -0.05) is 25.1 Å². The summed E-state index contributed by atoms with van der Waals surface area (Å²) in [5.41, 5.74) is 2.32. The number of nitrogens with zero attached hydrogens (tertiary/aromatic N) is 2. The number of hydrogen-bond donors (Lipinski definition) is 1. The first-order valence-corrected chi connectivity index (χ1v) is 9.04. The molecule has 0 amide bonds. The topological polar surface area (TPSA) is 56.5 Å². The molecule has 2 aromatic carbocycles. The maximum absolute atomic E-state index is 12.2. The number of rotatable bonds is 2. The van der Waals surface area contributed by atoms with Crippen LogP contribution < -0.4 is 4.74 Å². The van der Waals surface area contributed by atoms with Crippen LogP contribution in [-0.4, -0.2) is 36.8 Å². The van der Waals surface area contributed by atoms with Crippen molar-refractivity contribution in [2.24, 2.45) is 0 Å². The highest BCUT2D eigenvalue weighted by Crippen LogP contribution is 2.56. The Morgan fingerprint density at radius 2 is 2.08 bits per heavy atom. The Balaban J connectivity index is 1.97. The number of benzene rings is 2. The molecule has 1 saturated heterocycles. The predicted molar refractivity (Wildman–Crippen MR) is 100 cm³/mol. The Kier molecular flexibility index (Phi) is 3.83. The summed E-state index contributed by atoms with van der Waals surface area (Å²) < 4.78 is 5.46. The molecule has 26 heavy (non-hydrogen) atoms. The van der Waals surface area contributed by atoms with Gasteiger partial charge in [-0.15, -0.1) is 0 Å². The lowest BCUT2D eigenvalue weighted by Crippen LogP contribution is -2.67. The van der Waals surface area contributed by atoms with Gasteiger partial charge in [0.1, 0.15) is 11.4 Å². The van der Waals surface area contributed by atoms with E-state index in [9.17, 15) is 10.4 Å². The molecule has 0 radical (unpaired) electrons. The Bertz CT molecular complexity index is 903. The highest BCUT2D eigenvalue weighted by atomic mass is 16.5. The fraction of sp³-hybridized carbons (Fsp3) is 0.409. The van der Waals surface area contributed by atoms with Crippen LogP contribution in [0.15, 0.2) is 42.5 Å². The molecule has 4 heteroatoms. The molecule has 0 saturated carbocycles. The third-order valence-electron chi connectivity index (χ3n) is 6.58. The van der Waals surface area contributed by atoms with Gasteiger partial charge >= 0.3 is 0 Å². The number of aliphatic hydroxyl groups is 1. The van der Waals surface area contributed by atoms with Crippen LogP contribution >= 0.6 is 0 Å². The Morgan fingerprint density at radius 1 is 1.27 bits per heavy atom. The summed E-state index contributed by atoms with van der Waals surface area (Å²) in [4.78, 5) is 2.26. The summed E-state index contributed by atoms with van der Waals surface area (Å²) in [5, 5.41) is 21.5. The lowest BCUT2D eigenvalue weighted by Gasteiger charge is -2.60. The molecule has 2 aromatic rings. The first kappa shape index (κ1) is 17.1.